The van der Waals surface area contributed by atoms with Crippen LogP contribution in [0.4, 0.5) is 0 Å². The van der Waals surface area contributed by atoms with E-state index in [1.54, 1.807) is 21.9 Å². The molecule has 25 heavy (non-hydrogen) atoms. The summed E-state index contributed by atoms with van der Waals surface area (Å²) in [7, 11) is 1.91. The van der Waals surface area contributed by atoms with Crippen molar-refractivity contribution in [3.8, 4) is 0 Å². The van der Waals surface area contributed by atoms with Crippen LogP contribution in [-0.4, -0.2) is 52.4 Å². The van der Waals surface area contributed by atoms with Gasteiger partial charge in [0.1, 0.15) is 5.69 Å². The average Bonchev–Trinajstić information content (AvgIpc) is 3.30. The molecule has 3 aromatic rings. The zero-order chi connectivity index (χ0) is 17.4. The average molecular weight is 337 g/mol. The fourth-order valence-electron chi connectivity index (χ4n) is 3.32. The minimum atomic E-state index is -0.123. The van der Waals surface area contributed by atoms with Gasteiger partial charge in [-0.15, -0.1) is 0 Å². The first-order chi connectivity index (χ1) is 12.1. The van der Waals surface area contributed by atoms with Crippen molar-refractivity contribution in [1.29, 1.82) is 0 Å². The highest BCUT2D eigenvalue weighted by Gasteiger charge is 2.27. The monoisotopic (exact) mass is 337 g/mol. The number of benzene rings is 1. The van der Waals surface area contributed by atoms with E-state index in [9.17, 15) is 9.59 Å². The van der Waals surface area contributed by atoms with Crippen molar-refractivity contribution >= 4 is 22.7 Å². The molecular formula is C19H19N3O3. The molecule has 0 aliphatic carbocycles. The highest BCUT2D eigenvalue weighted by atomic mass is 16.3. The van der Waals surface area contributed by atoms with E-state index in [-0.39, 0.29) is 11.8 Å². The van der Waals surface area contributed by atoms with Crippen LogP contribution >= 0.6 is 0 Å². The first kappa shape index (κ1) is 15.5. The quantitative estimate of drug-likeness (QED) is 0.721. The molecule has 0 atom stereocenters. The van der Waals surface area contributed by atoms with Crippen LogP contribution in [0.1, 0.15) is 21.0 Å². The minimum Gasteiger partial charge on any atom is -0.459 e. The highest BCUT2D eigenvalue weighted by Crippen LogP contribution is 2.20. The Labute approximate surface area is 145 Å². The maximum absolute atomic E-state index is 12.9. The van der Waals surface area contributed by atoms with Crippen LogP contribution in [-0.2, 0) is 7.05 Å². The smallest absolute Gasteiger partial charge is 0.289 e. The van der Waals surface area contributed by atoms with Gasteiger partial charge in [0.15, 0.2) is 5.76 Å². The maximum Gasteiger partial charge on any atom is 0.289 e. The van der Waals surface area contributed by atoms with Crippen molar-refractivity contribution in [2.45, 2.75) is 0 Å². The Morgan fingerprint density at radius 3 is 2.24 bits per heavy atom. The molecule has 0 radical (unpaired) electrons. The summed E-state index contributed by atoms with van der Waals surface area (Å²) < 4.78 is 7.10. The summed E-state index contributed by atoms with van der Waals surface area (Å²) in [5, 5.41) is 1.06. The van der Waals surface area contributed by atoms with Gasteiger partial charge in [0.25, 0.3) is 11.8 Å². The summed E-state index contributed by atoms with van der Waals surface area (Å²) in [6, 6.07) is 13.2. The summed E-state index contributed by atoms with van der Waals surface area (Å²) in [4.78, 5) is 28.7. The summed E-state index contributed by atoms with van der Waals surface area (Å²) in [6.45, 7) is 2.06. The van der Waals surface area contributed by atoms with E-state index in [0.29, 0.717) is 37.6 Å². The Bertz CT molecular complexity index is 919. The Hall–Kier alpha value is -3.02. The molecule has 6 heteroatoms. The number of hydrogen-bond acceptors (Lipinski definition) is 3. The van der Waals surface area contributed by atoms with E-state index in [1.165, 1.54) is 6.26 Å². The molecule has 0 spiro atoms. The van der Waals surface area contributed by atoms with Crippen LogP contribution in [0.5, 0.6) is 0 Å². The number of amides is 2. The molecule has 0 saturated carbocycles. The molecule has 1 fully saturated rings. The first-order valence-electron chi connectivity index (χ1n) is 8.31. The predicted octanol–water partition coefficient (Wildman–Crippen LogP) is 2.37. The van der Waals surface area contributed by atoms with E-state index in [0.717, 1.165) is 10.9 Å². The van der Waals surface area contributed by atoms with E-state index in [4.69, 9.17) is 4.42 Å². The Kier molecular flexibility index (Phi) is 3.80. The molecule has 128 valence electrons. The standard InChI is InChI=1S/C19H19N3O3/c1-20-15-6-3-2-5-14(15)13-16(20)18(23)21-8-10-22(11-9-21)19(24)17-7-4-12-25-17/h2-7,12-13H,8-11H2,1H3. The molecule has 1 aliphatic heterocycles. The normalized spacial score (nSPS) is 14.9. The Balaban J connectivity index is 1.47. The first-order valence-corrected chi connectivity index (χ1v) is 8.31. The van der Waals surface area contributed by atoms with Gasteiger partial charge in [-0.3, -0.25) is 9.59 Å². The number of rotatable bonds is 2. The second-order valence-corrected chi connectivity index (χ2v) is 6.21. The maximum atomic E-state index is 12.9. The van der Waals surface area contributed by atoms with Gasteiger partial charge in [-0.25, -0.2) is 0 Å². The van der Waals surface area contributed by atoms with E-state index >= 15 is 0 Å². The molecule has 2 amide bonds. The van der Waals surface area contributed by atoms with Gasteiger partial charge in [0.2, 0.25) is 0 Å². The Morgan fingerprint density at radius 1 is 0.920 bits per heavy atom. The molecule has 0 N–H and O–H groups in total. The van der Waals surface area contributed by atoms with Gasteiger partial charge in [0.05, 0.1) is 6.26 Å². The summed E-state index contributed by atoms with van der Waals surface area (Å²) in [5.41, 5.74) is 1.71. The molecule has 2 aromatic heterocycles. The van der Waals surface area contributed by atoms with Gasteiger partial charge in [-0.05, 0) is 24.3 Å². The van der Waals surface area contributed by atoms with Gasteiger partial charge < -0.3 is 18.8 Å². The SMILES string of the molecule is Cn1c(C(=O)N2CCN(C(=O)c3ccco3)CC2)cc2ccccc21. The van der Waals surface area contributed by atoms with Crippen LogP contribution in [0, 0.1) is 0 Å². The second kappa shape index (κ2) is 6.12. The number of aryl methyl sites for hydroxylation is 1. The molecule has 6 nitrogen and oxygen atoms in total. The number of hydrogen-bond donors (Lipinski definition) is 0. The van der Waals surface area contributed by atoms with Crippen LogP contribution in [0.15, 0.2) is 53.1 Å². The molecule has 0 unspecified atom stereocenters. The number of piperazine rings is 1. The third-order valence-electron chi connectivity index (χ3n) is 4.76. The van der Waals surface area contributed by atoms with Crippen molar-refractivity contribution in [1.82, 2.24) is 14.4 Å². The number of carbonyl (C=O) groups is 2. The number of furan rings is 1. The number of aromatic nitrogens is 1. The lowest BCUT2D eigenvalue weighted by Crippen LogP contribution is -2.50. The van der Waals surface area contributed by atoms with Crippen LogP contribution in [0.2, 0.25) is 0 Å². The topological polar surface area (TPSA) is 58.7 Å². The summed E-state index contributed by atoms with van der Waals surface area (Å²) >= 11 is 0. The molecule has 4 rings (SSSR count). The summed E-state index contributed by atoms with van der Waals surface area (Å²) in [5.74, 6) is 0.221. The minimum absolute atomic E-state index is 0.00352. The zero-order valence-electron chi connectivity index (χ0n) is 14.0. The van der Waals surface area contributed by atoms with Gasteiger partial charge in [-0.2, -0.15) is 0 Å². The lowest BCUT2D eigenvalue weighted by atomic mass is 10.2. The highest BCUT2D eigenvalue weighted by molar-refractivity contribution is 5.99. The van der Waals surface area contributed by atoms with E-state index < -0.39 is 0 Å². The van der Waals surface area contributed by atoms with Crippen molar-refractivity contribution < 1.29 is 14.0 Å². The number of nitrogens with zero attached hydrogens (tertiary/aromatic N) is 3. The van der Waals surface area contributed by atoms with E-state index in [1.807, 2.05) is 41.9 Å². The van der Waals surface area contributed by atoms with Crippen molar-refractivity contribution in [2.24, 2.45) is 7.05 Å². The number of fused-ring (bicyclic) bond motifs is 1. The fourth-order valence-corrected chi connectivity index (χ4v) is 3.32. The molecule has 1 saturated heterocycles. The van der Waals surface area contributed by atoms with Crippen molar-refractivity contribution in [3.05, 3.63) is 60.2 Å². The molecule has 3 heterocycles. The molecule has 1 aliphatic rings. The zero-order valence-corrected chi connectivity index (χ0v) is 14.0. The number of para-hydroxylation sites is 1. The van der Waals surface area contributed by atoms with Crippen molar-refractivity contribution in [2.75, 3.05) is 26.2 Å². The molecule has 0 bridgehead atoms. The predicted molar refractivity (Wildman–Crippen MR) is 93.4 cm³/mol. The van der Waals surface area contributed by atoms with Crippen LogP contribution in [0.3, 0.4) is 0 Å². The van der Waals surface area contributed by atoms with Crippen LogP contribution < -0.4 is 0 Å². The van der Waals surface area contributed by atoms with Gasteiger partial charge in [0, 0.05) is 44.1 Å². The molecular weight excluding hydrogens is 318 g/mol. The van der Waals surface area contributed by atoms with E-state index in [2.05, 4.69) is 0 Å². The third-order valence-corrected chi connectivity index (χ3v) is 4.76. The number of carbonyl (C=O) groups excluding carboxylic acids is 2. The lowest BCUT2D eigenvalue weighted by Gasteiger charge is -2.34. The van der Waals surface area contributed by atoms with Crippen LogP contribution in [0.25, 0.3) is 10.9 Å². The van der Waals surface area contributed by atoms with Gasteiger partial charge >= 0.3 is 0 Å². The fraction of sp³-hybridized carbons (Fsp3) is 0.263. The lowest BCUT2D eigenvalue weighted by molar-refractivity contribution is 0.0513. The third kappa shape index (κ3) is 2.69. The van der Waals surface area contributed by atoms with Gasteiger partial charge in [-0.1, -0.05) is 18.2 Å². The second-order valence-electron chi connectivity index (χ2n) is 6.21. The molecule has 1 aromatic carbocycles. The summed E-state index contributed by atoms with van der Waals surface area (Å²) in [6.07, 6.45) is 1.49. The Morgan fingerprint density at radius 2 is 1.60 bits per heavy atom. The largest absolute Gasteiger partial charge is 0.459 e. The van der Waals surface area contributed by atoms with Crippen molar-refractivity contribution in [3.63, 3.8) is 0 Å².